The fourth-order valence-electron chi connectivity index (χ4n) is 4.12. The van der Waals surface area contributed by atoms with Gasteiger partial charge in [0.25, 0.3) is 0 Å². The Kier molecular flexibility index (Phi) is 8.38. The van der Waals surface area contributed by atoms with Gasteiger partial charge in [-0.3, -0.25) is 9.59 Å². The van der Waals surface area contributed by atoms with Crippen molar-refractivity contribution in [3.05, 3.63) is 59.7 Å². The van der Waals surface area contributed by atoms with Crippen molar-refractivity contribution < 1.29 is 24.2 Å². The molecular formula is C25H30N2O5S. The van der Waals surface area contributed by atoms with E-state index in [2.05, 4.69) is 17.4 Å². The summed E-state index contributed by atoms with van der Waals surface area (Å²) >= 11 is 1.61. The maximum absolute atomic E-state index is 12.9. The van der Waals surface area contributed by atoms with Gasteiger partial charge in [0.1, 0.15) is 12.6 Å². The molecule has 8 heteroatoms. The van der Waals surface area contributed by atoms with Crippen molar-refractivity contribution >= 4 is 29.7 Å². The van der Waals surface area contributed by atoms with Gasteiger partial charge >= 0.3 is 12.1 Å². The summed E-state index contributed by atoms with van der Waals surface area (Å²) in [4.78, 5) is 38.2. The lowest BCUT2D eigenvalue weighted by Crippen LogP contribution is -2.50. The zero-order valence-corrected chi connectivity index (χ0v) is 19.9. The van der Waals surface area contributed by atoms with E-state index in [0.717, 1.165) is 28.0 Å². The number of ether oxygens (including phenoxy) is 1. The highest BCUT2D eigenvalue weighted by atomic mass is 32.2. The maximum atomic E-state index is 12.9. The zero-order chi connectivity index (χ0) is 24.0. The lowest BCUT2D eigenvalue weighted by atomic mass is 9.98. The summed E-state index contributed by atoms with van der Waals surface area (Å²) in [5, 5.41) is 11.7. The summed E-state index contributed by atoms with van der Waals surface area (Å²) in [6, 6.07) is 15.0. The average molecular weight is 471 g/mol. The van der Waals surface area contributed by atoms with E-state index < -0.39 is 18.1 Å². The molecular weight excluding hydrogens is 440 g/mol. The largest absolute Gasteiger partial charge is 0.481 e. The number of benzene rings is 2. The Balaban J connectivity index is 1.68. The SMILES string of the molecule is CSCC(C)N(C)C(=O)C(CCC(=O)O)NC(=O)OCC1c2ccccc2-c2ccccc21. The number of aliphatic carboxylic acids is 1. The molecule has 3 rings (SSSR count). The summed E-state index contributed by atoms with van der Waals surface area (Å²) in [5.74, 6) is -0.715. The number of fused-ring (bicyclic) bond motifs is 3. The second kappa shape index (κ2) is 11.2. The lowest BCUT2D eigenvalue weighted by molar-refractivity contribution is -0.138. The number of carboxylic acids is 1. The van der Waals surface area contributed by atoms with Crippen molar-refractivity contribution in [1.29, 1.82) is 0 Å². The predicted octanol–water partition coefficient (Wildman–Crippen LogP) is 3.97. The molecule has 0 bridgehead atoms. The first kappa shape index (κ1) is 24.6. The summed E-state index contributed by atoms with van der Waals surface area (Å²) in [6.07, 6.45) is 0.983. The molecule has 0 spiro atoms. The van der Waals surface area contributed by atoms with Crippen LogP contribution in [0.3, 0.4) is 0 Å². The molecule has 2 unspecified atom stereocenters. The standard InChI is InChI=1S/C25H30N2O5S/c1-16(15-33-3)27(2)24(30)22(12-13-23(28)29)26-25(31)32-14-21-19-10-6-4-8-17(19)18-9-5-7-11-20(18)21/h4-11,16,21-22H,12-15H2,1-3H3,(H,26,31)(H,28,29). The third-order valence-corrected chi connectivity index (χ3v) is 6.81. The highest BCUT2D eigenvalue weighted by Gasteiger charge is 2.31. The Morgan fingerprint density at radius 1 is 1.09 bits per heavy atom. The second-order valence-electron chi connectivity index (χ2n) is 8.21. The maximum Gasteiger partial charge on any atom is 0.407 e. The molecule has 2 aromatic rings. The molecule has 0 heterocycles. The van der Waals surface area contributed by atoms with E-state index in [9.17, 15) is 14.4 Å². The third kappa shape index (κ3) is 5.87. The van der Waals surface area contributed by atoms with E-state index in [4.69, 9.17) is 9.84 Å². The molecule has 176 valence electrons. The molecule has 0 radical (unpaired) electrons. The fraction of sp³-hybridized carbons (Fsp3) is 0.400. The Labute approximate surface area is 198 Å². The summed E-state index contributed by atoms with van der Waals surface area (Å²) in [5.41, 5.74) is 4.44. The Bertz CT molecular complexity index is 966. The van der Waals surface area contributed by atoms with Gasteiger partial charge in [0.05, 0.1) is 0 Å². The predicted molar refractivity (Wildman–Crippen MR) is 129 cm³/mol. The smallest absolute Gasteiger partial charge is 0.407 e. The van der Waals surface area contributed by atoms with Crippen LogP contribution in [-0.4, -0.2) is 65.7 Å². The zero-order valence-electron chi connectivity index (χ0n) is 19.1. The summed E-state index contributed by atoms with van der Waals surface area (Å²) in [7, 11) is 1.66. The van der Waals surface area contributed by atoms with Crippen LogP contribution < -0.4 is 5.32 Å². The van der Waals surface area contributed by atoms with E-state index in [1.807, 2.05) is 49.6 Å². The van der Waals surface area contributed by atoms with Crippen LogP contribution in [0.5, 0.6) is 0 Å². The van der Waals surface area contributed by atoms with Crippen LogP contribution in [0.2, 0.25) is 0 Å². The van der Waals surface area contributed by atoms with Crippen molar-refractivity contribution in [2.45, 2.75) is 37.8 Å². The van der Waals surface area contributed by atoms with Gasteiger partial charge in [0.2, 0.25) is 5.91 Å². The minimum absolute atomic E-state index is 0.00527. The quantitative estimate of drug-likeness (QED) is 0.546. The van der Waals surface area contributed by atoms with Crippen LogP contribution in [-0.2, 0) is 14.3 Å². The van der Waals surface area contributed by atoms with Crippen molar-refractivity contribution in [2.24, 2.45) is 0 Å². The van der Waals surface area contributed by atoms with Crippen LogP contribution >= 0.6 is 11.8 Å². The van der Waals surface area contributed by atoms with Gasteiger partial charge in [-0.15, -0.1) is 0 Å². The normalized spacial score (nSPS) is 14.0. The van der Waals surface area contributed by atoms with E-state index >= 15 is 0 Å². The number of nitrogens with zero attached hydrogens (tertiary/aromatic N) is 1. The van der Waals surface area contributed by atoms with Crippen LogP contribution in [0.1, 0.15) is 36.8 Å². The van der Waals surface area contributed by atoms with Crippen LogP contribution in [0.15, 0.2) is 48.5 Å². The summed E-state index contributed by atoms with van der Waals surface area (Å²) < 4.78 is 5.54. The molecule has 1 aliphatic carbocycles. The van der Waals surface area contributed by atoms with E-state index in [1.165, 1.54) is 0 Å². The molecule has 0 saturated carbocycles. The van der Waals surface area contributed by atoms with E-state index in [1.54, 1.807) is 23.7 Å². The molecule has 2 atom stereocenters. The van der Waals surface area contributed by atoms with Gasteiger partial charge in [-0.2, -0.15) is 11.8 Å². The Morgan fingerprint density at radius 3 is 2.21 bits per heavy atom. The number of thioether (sulfide) groups is 1. The summed E-state index contributed by atoms with van der Waals surface area (Å²) in [6.45, 7) is 2.04. The Hall–Kier alpha value is -3.00. The van der Waals surface area contributed by atoms with E-state index in [0.29, 0.717) is 0 Å². The van der Waals surface area contributed by atoms with Gasteiger partial charge in [-0.05, 0) is 41.9 Å². The molecule has 7 nitrogen and oxygen atoms in total. The van der Waals surface area contributed by atoms with Gasteiger partial charge in [-0.1, -0.05) is 48.5 Å². The van der Waals surface area contributed by atoms with Gasteiger partial charge < -0.3 is 20.1 Å². The molecule has 2 N–H and O–H groups in total. The third-order valence-electron chi connectivity index (χ3n) is 6.00. The lowest BCUT2D eigenvalue weighted by Gasteiger charge is -2.29. The van der Waals surface area contributed by atoms with Crippen LogP contribution in [0.25, 0.3) is 11.1 Å². The molecule has 0 saturated heterocycles. The molecule has 0 fully saturated rings. The fourth-order valence-corrected chi connectivity index (χ4v) is 4.83. The highest BCUT2D eigenvalue weighted by molar-refractivity contribution is 7.98. The van der Waals surface area contributed by atoms with Gasteiger partial charge in [0.15, 0.2) is 0 Å². The van der Waals surface area contributed by atoms with Crippen molar-refractivity contribution in [1.82, 2.24) is 10.2 Å². The average Bonchev–Trinajstić information content (AvgIpc) is 3.13. The second-order valence-corrected chi connectivity index (χ2v) is 9.12. The molecule has 2 aromatic carbocycles. The first-order valence-electron chi connectivity index (χ1n) is 10.9. The molecule has 1 aliphatic rings. The Morgan fingerprint density at radius 2 is 1.67 bits per heavy atom. The number of nitrogens with one attached hydrogen (secondary N) is 1. The van der Waals surface area contributed by atoms with Gasteiger partial charge in [-0.25, -0.2) is 4.79 Å². The topological polar surface area (TPSA) is 95.9 Å². The number of rotatable bonds is 10. The number of carbonyl (C=O) groups excluding carboxylic acids is 2. The van der Waals surface area contributed by atoms with Crippen LogP contribution in [0.4, 0.5) is 4.79 Å². The van der Waals surface area contributed by atoms with Crippen molar-refractivity contribution in [3.63, 3.8) is 0 Å². The van der Waals surface area contributed by atoms with Gasteiger partial charge in [0, 0.05) is 31.2 Å². The number of amides is 2. The minimum atomic E-state index is -1.03. The number of carboxylic acid groups (broad SMARTS) is 1. The molecule has 0 aliphatic heterocycles. The molecule has 2 amide bonds. The number of carbonyl (C=O) groups is 3. The van der Waals surface area contributed by atoms with Crippen LogP contribution in [0, 0.1) is 0 Å². The number of likely N-dealkylation sites (N-methyl/N-ethyl adjacent to an activating group) is 1. The van der Waals surface area contributed by atoms with Crippen molar-refractivity contribution in [2.75, 3.05) is 25.7 Å². The monoisotopic (exact) mass is 470 g/mol. The highest BCUT2D eigenvalue weighted by Crippen LogP contribution is 2.44. The molecule has 33 heavy (non-hydrogen) atoms. The van der Waals surface area contributed by atoms with Crippen molar-refractivity contribution in [3.8, 4) is 11.1 Å². The van der Waals surface area contributed by atoms with E-state index in [-0.39, 0.29) is 37.3 Å². The number of hydrogen-bond donors (Lipinski definition) is 2. The molecule has 0 aromatic heterocycles. The number of alkyl carbamates (subject to hydrolysis) is 1. The minimum Gasteiger partial charge on any atom is -0.481 e. The first-order chi connectivity index (χ1) is 15.8. The first-order valence-corrected chi connectivity index (χ1v) is 12.3. The number of hydrogen-bond acceptors (Lipinski definition) is 5.